The van der Waals surface area contributed by atoms with Crippen LogP contribution >= 0.6 is 15.9 Å². The topological polar surface area (TPSA) is 60.0 Å². The van der Waals surface area contributed by atoms with Gasteiger partial charge in [-0.2, -0.15) is 10.1 Å². The Kier molecular flexibility index (Phi) is 6.04. The van der Waals surface area contributed by atoms with E-state index in [0.717, 1.165) is 11.1 Å². The van der Waals surface area contributed by atoms with E-state index in [-0.39, 0.29) is 0 Å². The molecule has 5 rings (SSSR count). The average Bonchev–Trinajstić information content (AvgIpc) is 3.29. The number of H-pyrrole nitrogens is 1. The normalized spacial score (nSPS) is 11.0. The van der Waals surface area contributed by atoms with Crippen LogP contribution in [-0.2, 0) is 13.2 Å². The monoisotopic (exact) mass is 503 g/mol. The molecule has 0 aliphatic carbocycles. The summed E-state index contributed by atoms with van der Waals surface area (Å²) in [5.41, 5.74) is 3.56. The van der Waals surface area contributed by atoms with Gasteiger partial charge < -0.3 is 9.47 Å². The highest BCUT2D eigenvalue weighted by Crippen LogP contribution is 2.36. The van der Waals surface area contributed by atoms with Gasteiger partial charge in [0.15, 0.2) is 5.82 Å². The van der Waals surface area contributed by atoms with Crippen LogP contribution < -0.4 is 9.47 Å². The van der Waals surface area contributed by atoms with Crippen molar-refractivity contribution in [1.82, 2.24) is 15.2 Å². The summed E-state index contributed by atoms with van der Waals surface area (Å²) in [4.78, 5) is 4.60. The number of aromatic amines is 1. The van der Waals surface area contributed by atoms with Gasteiger partial charge in [-0.3, -0.25) is 5.10 Å². The Bertz CT molecular complexity index is 1390. The molecule has 1 N–H and O–H groups in total. The second-order valence-electron chi connectivity index (χ2n) is 7.41. The summed E-state index contributed by atoms with van der Waals surface area (Å²) in [5.74, 6) is 0.398. The highest BCUT2D eigenvalue weighted by molar-refractivity contribution is 9.10. The summed E-state index contributed by atoms with van der Waals surface area (Å²) in [6.45, 7) is 0.709. The Balaban J connectivity index is 1.50. The van der Waals surface area contributed by atoms with Crippen LogP contribution in [0.4, 0.5) is 4.39 Å². The molecule has 5 aromatic rings. The standard InChI is InChI=1S/C26H19BrFN3O2/c27-21-13-11-19-24(30-31-25(19)23(21)28)20-12-14-22(32-15-17-7-3-1-4-8-17)29-26(20)33-16-18-9-5-2-6-10-18/h1-14H,15-16H2,(H,30,31). The number of fused-ring (bicyclic) bond motifs is 1. The second kappa shape index (κ2) is 9.42. The minimum absolute atomic E-state index is 0.317. The molecular formula is C26H19BrFN3O2. The summed E-state index contributed by atoms with van der Waals surface area (Å²) < 4.78 is 26.9. The molecule has 164 valence electrons. The molecule has 0 radical (unpaired) electrons. The first-order chi connectivity index (χ1) is 16.2. The van der Waals surface area contributed by atoms with Crippen molar-refractivity contribution in [2.75, 3.05) is 0 Å². The Hall–Kier alpha value is -3.71. The van der Waals surface area contributed by atoms with Crippen LogP contribution in [0.15, 0.2) is 89.4 Å². The van der Waals surface area contributed by atoms with Gasteiger partial charge in [0.2, 0.25) is 11.8 Å². The Morgan fingerprint density at radius 1 is 0.788 bits per heavy atom. The summed E-state index contributed by atoms with van der Waals surface area (Å²) in [6.07, 6.45) is 0. The quantitative estimate of drug-likeness (QED) is 0.269. The van der Waals surface area contributed by atoms with Gasteiger partial charge >= 0.3 is 0 Å². The first-order valence-electron chi connectivity index (χ1n) is 10.4. The van der Waals surface area contributed by atoms with E-state index >= 15 is 0 Å². The first kappa shape index (κ1) is 21.2. The number of nitrogens with one attached hydrogen (secondary N) is 1. The van der Waals surface area contributed by atoms with Crippen LogP contribution in [0.25, 0.3) is 22.2 Å². The van der Waals surface area contributed by atoms with Crippen molar-refractivity contribution < 1.29 is 13.9 Å². The Labute approximate surface area is 198 Å². The zero-order chi connectivity index (χ0) is 22.6. The van der Waals surface area contributed by atoms with Crippen LogP contribution in [0.3, 0.4) is 0 Å². The molecule has 0 spiro atoms. The smallest absolute Gasteiger partial charge is 0.226 e. The van der Waals surface area contributed by atoms with Gasteiger partial charge in [-0.05, 0) is 45.3 Å². The van der Waals surface area contributed by atoms with Crippen LogP contribution in [0.1, 0.15) is 11.1 Å². The third-order valence-corrected chi connectivity index (χ3v) is 5.78. The number of pyridine rings is 1. The molecule has 0 aliphatic heterocycles. The molecule has 0 saturated carbocycles. The van der Waals surface area contributed by atoms with Crippen LogP contribution in [0.5, 0.6) is 11.8 Å². The molecule has 3 aromatic carbocycles. The molecular weight excluding hydrogens is 485 g/mol. The number of benzene rings is 3. The number of halogens is 2. The lowest BCUT2D eigenvalue weighted by molar-refractivity contribution is 0.268. The van der Waals surface area contributed by atoms with Crippen LogP contribution in [0.2, 0.25) is 0 Å². The van der Waals surface area contributed by atoms with Crippen molar-refractivity contribution in [3.63, 3.8) is 0 Å². The van der Waals surface area contributed by atoms with E-state index in [1.807, 2.05) is 72.8 Å². The summed E-state index contributed by atoms with van der Waals surface area (Å²) in [7, 11) is 0. The molecule has 2 aromatic heterocycles. The van der Waals surface area contributed by atoms with Gasteiger partial charge in [-0.1, -0.05) is 60.7 Å². The number of hydrogen-bond donors (Lipinski definition) is 1. The van der Waals surface area contributed by atoms with E-state index < -0.39 is 5.82 Å². The first-order valence-corrected chi connectivity index (χ1v) is 11.2. The number of hydrogen-bond acceptors (Lipinski definition) is 4. The van der Waals surface area contributed by atoms with Crippen molar-refractivity contribution in [3.8, 4) is 23.0 Å². The molecule has 0 aliphatic rings. The number of aromatic nitrogens is 3. The van der Waals surface area contributed by atoms with Crippen molar-refractivity contribution in [1.29, 1.82) is 0 Å². The minimum Gasteiger partial charge on any atom is -0.473 e. The maximum Gasteiger partial charge on any atom is 0.226 e. The highest BCUT2D eigenvalue weighted by Gasteiger charge is 2.19. The van der Waals surface area contributed by atoms with Crippen molar-refractivity contribution in [3.05, 3.63) is 106 Å². The Morgan fingerprint density at radius 2 is 1.45 bits per heavy atom. The van der Waals surface area contributed by atoms with Crippen molar-refractivity contribution in [2.45, 2.75) is 13.2 Å². The molecule has 0 unspecified atom stereocenters. The predicted molar refractivity (Wildman–Crippen MR) is 129 cm³/mol. The maximum atomic E-state index is 14.5. The average molecular weight is 504 g/mol. The van der Waals surface area contributed by atoms with E-state index in [4.69, 9.17) is 9.47 Å². The maximum absolute atomic E-state index is 14.5. The van der Waals surface area contributed by atoms with E-state index in [9.17, 15) is 4.39 Å². The van der Waals surface area contributed by atoms with Gasteiger partial charge in [0.05, 0.1) is 10.0 Å². The van der Waals surface area contributed by atoms with E-state index in [1.165, 1.54) is 0 Å². The fourth-order valence-corrected chi connectivity index (χ4v) is 3.82. The predicted octanol–water partition coefficient (Wildman–Crippen LogP) is 6.68. The molecule has 2 heterocycles. The number of ether oxygens (including phenoxy) is 2. The molecule has 0 fully saturated rings. The zero-order valence-corrected chi connectivity index (χ0v) is 19.0. The fraction of sp³-hybridized carbons (Fsp3) is 0.0769. The summed E-state index contributed by atoms with van der Waals surface area (Å²) in [5, 5.41) is 7.79. The third-order valence-electron chi connectivity index (χ3n) is 5.17. The molecule has 7 heteroatoms. The van der Waals surface area contributed by atoms with E-state index in [1.54, 1.807) is 12.1 Å². The molecule has 0 saturated heterocycles. The summed E-state index contributed by atoms with van der Waals surface area (Å²) >= 11 is 3.22. The van der Waals surface area contributed by atoms with Crippen molar-refractivity contribution >= 4 is 26.8 Å². The highest BCUT2D eigenvalue weighted by atomic mass is 79.9. The van der Waals surface area contributed by atoms with Crippen LogP contribution in [-0.4, -0.2) is 15.2 Å². The lowest BCUT2D eigenvalue weighted by atomic mass is 10.1. The second-order valence-corrected chi connectivity index (χ2v) is 8.26. The molecule has 0 bridgehead atoms. The lowest BCUT2D eigenvalue weighted by Gasteiger charge is -2.12. The van der Waals surface area contributed by atoms with Gasteiger partial charge in [0.1, 0.15) is 24.4 Å². The largest absolute Gasteiger partial charge is 0.473 e. The number of rotatable bonds is 7. The van der Waals surface area contributed by atoms with Gasteiger partial charge in [0, 0.05) is 11.5 Å². The van der Waals surface area contributed by atoms with Crippen LogP contribution in [0, 0.1) is 5.82 Å². The van der Waals surface area contributed by atoms with Gasteiger partial charge in [-0.25, -0.2) is 4.39 Å². The molecule has 5 nitrogen and oxygen atoms in total. The van der Waals surface area contributed by atoms with E-state index in [2.05, 4.69) is 31.1 Å². The van der Waals surface area contributed by atoms with E-state index in [0.29, 0.717) is 51.6 Å². The zero-order valence-electron chi connectivity index (χ0n) is 17.5. The SMILES string of the molecule is Fc1c(Br)ccc2c(-c3ccc(OCc4ccccc4)nc3OCc3ccccc3)n[nH]c12. The molecule has 0 atom stereocenters. The third kappa shape index (κ3) is 4.59. The minimum atomic E-state index is -0.395. The summed E-state index contributed by atoms with van der Waals surface area (Å²) in [6, 6.07) is 26.7. The molecule has 33 heavy (non-hydrogen) atoms. The fourth-order valence-electron chi connectivity index (χ4n) is 3.49. The lowest BCUT2D eigenvalue weighted by Crippen LogP contribution is -2.02. The van der Waals surface area contributed by atoms with Gasteiger partial charge in [-0.15, -0.1) is 0 Å². The van der Waals surface area contributed by atoms with Gasteiger partial charge in [0.25, 0.3) is 0 Å². The van der Waals surface area contributed by atoms with Crippen molar-refractivity contribution in [2.24, 2.45) is 0 Å². The number of nitrogens with zero attached hydrogens (tertiary/aromatic N) is 2. The molecule has 0 amide bonds. The Morgan fingerprint density at radius 3 is 2.15 bits per heavy atom.